The smallest absolute Gasteiger partial charge is 0.230 e. The molecule has 0 saturated heterocycles. The summed E-state index contributed by atoms with van der Waals surface area (Å²) in [4.78, 5) is 11.8. The number of amides is 1. The number of carbonyl (C=O) groups is 1. The number of anilines is 1. The molecule has 1 saturated carbocycles. The van der Waals surface area contributed by atoms with Gasteiger partial charge in [-0.15, -0.1) is 10.2 Å². The highest BCUT2D eigenvalue weighted by Gasteiger charge is 2.30. The molecule has 1 heterocycles. The lowest BCUT2D eigenvalue weighted by Gasteiger charge is -2.14. The molecule has 1 amide bonds. The van der Waals surface area contributed by atoms with Crippen LogP contribution < -0.4 is 11.1 Å². The molecule has 0 radical (unpaired) electrons. The van der Waals surface area contributed by atoms with Crippen molar-refractivity contribution in [3.8, 4) is 0 Å². The van der Waals surface area contributed by atoms with E-state index in [0.29, 0.717) is 11.0 Å². The third-order valence-corrected chi connectivity index (χ3v) is 2.99. The Labute approximate surface area is 98.4 Å². The molecule has 2 rings (SSSR count). The first-order chi connectivity index (χ1) is 7.66. The quantitative estimate of drug-likeness (QED) is 0.814. The Balaban J connectivity index is 1.99. The van der Waals surface area contributed by atoms with Crippen LogP contribution in [0, 0.1) is 5.92 Å². The maximum atomic E-state index is 11.8. The Bertz CT molecular complexity index is 381. The Morgan fingerprint density at radius 2 is 2.25 bits per heavy atom. The van der Waals surface area contributed by atoms with Gasteiger partial charge in [-0.3, -0.25) is 4.79 Å². The zero-order valence-corrected chi connectivity index (χ0v) is 9.44. The van der Waals surface area contributed by atoms with Gasteiger partial charge in [0.25, 0.3) is 0 Å². The molecule has 0 spiro atoms. The van der Waals surface area contributed by atoms with E-state index in [0.717, 1.165) is 19.3 Å². The summed E-state index contributed by atoms with van der Waals surface area (Å²) in [7, 11) is 0. The monoisotopic (exact) mass is 240 g/mol. The first-order valence-corrected chi connectivity index (χ1v) is 5.60. The molecule has 16 heavy (non-hydrogen) atoms. The highest BCUT2D eigenvalue weighted by Crippen LogP contribution is 2.25. The van der Waals surface area contributed by atoms with E-state index in [1.165, 1.54) is 0 Å². The van der Waals surface area contributed by atoms with Gasteiger partial charge in [-0.2, -0.15) is 0 Å². The molecule has 3 N–H and O–H groups in total. The van der Waals surface area contributed by atoms with Gasteiger partial charge < -0.3 is 11.1 Å². The van der Waals surface area contributed by atoms with Gasteiger partial charge >= 0.3 is 0 Å². The summed E-state index contributed by atoms with van der Waals surface area (Å²) in [5.74, 6) is 0.215. The van der Waals surface area contributed by atoms with Crippen molar-refractivity contribution in [3.05, 3.63) is 17.3 Å². The molecule has 0 aromatic carbocycles. The number of hydrogen-bond acceptors (Lipinski definition) is 4. The summed E-state index contributed by atoms with van der Waals surface area (Å²) < 4.78 is 0. The second-order valence-corrected chi connectivity index (χ2v) is 4.32. The van der Waals surface area contributed by atoms with E-state index in [-0.39, 0.29) is 17.9 Å². The summed E-state index contributed by atoms with van der Waals surface area (Å²) >= 11 is 5.59. The number of hydrogen-bond donors (Lipinski definition) is 2. The van der Waals surface area contributed by atoms with Crippen molar-refractivity contribution in [2.75, 3.05) is 5.32 Å². The van der Waals surface area contributed by atoms with Crippen LogP contribution >= 0.6 is 11.6 Å². The third-order valence-electron chi connectivity index (χ3n) is 2.79. The van der Waals surface area contributed by atoms with Crippen LogP contribution in [0.2, 0.25) is 5.15 Å². The topological polar surface area (TPSA) is 80.9 Å². The van der Waals surface area contributed by atoms with Crippen LogP contribution in [0.4, 0.5) is 5.82 Å². The van der Waals surface area contributed by atoms with Crippen LogP contribution in [0.1, 0.15) is 19.3 Å². The fraction of sp³-hybridized carbons (Fsp3) is 0.500. The molecule has 0 bridgehead atoms. The van der Waals surface area contributed by atoms with E-state index in [9.17, 15) is 4.79 Å². The van der Waals surface area contributed by atoms with Gasteiger partial charge in [0.2, 0.25) is 5.91 Å². The zero-order valence-electron chi connectivity index (χ0n) is 8.69. The van der Waals surface area contributed by atoms with E-state index in [2.05, 4.69) is 15.5 Å². The van der Waals surface area contributed by atoms with Gasteiger partial charge in [-0.05, 0) is 25.0 Å². The molecule has 1 aliphatic carbocycles. The van der Waals surface area contributed by atoms with Gasteiger partial charge in [0, 0.05) is 6.04 Å². The highest BCUT2D eigenvalue weighted by atomic mass is 35.5. The van der Waals surface area contributed by atoms with E-state index >= 15 is 0 Å². The molecule has 2 unspecified atom stereocenters. The average Bonchev–Trinajstić information content (AvgIpc) is 2.68. The van der Waals surface area contributed by atoms with Crippen molar-refractivity contribution in [2.45, 2.75) is 25.3 Å². The van der Waals surface area contributed by atoms with E-state index < -0.39 is 0 Å². The molecule has 5 nitrogen and oxygen atoms in total. The molecular weight excluding hydrogens is 228 g/mol. The number of carbonyl (C=O) groups excluding carboxylic acids is 1. The molecule has 1 aromatic heterocycles. The molecule has 1 aromatic rings. The fourth-order valence-electron chi connectivity index (χ4n) is 1.92. The number of nitrogens with zero attached hydrogens (tertiary/aromatic N) is 2. The minimum Gasteiger partial charge on any atom is -0.327 e. The van der Waals surface area contributed by atoms with Crippen molar-refractivity contribution in [3.63, 3.8) is 0 Å². The summed E-state index contributed by atoms with van der Waals surface area (Å²) in [6, 6.07) is 3.16. The number of halogens is 1. The standard InChI is InChI=1S/C10H13ClN4O/c11-8-4-5-9(15-14-8)13-10(16)6-2-1-3-7(6)12/h4-7H,1-3,12H2,(H,13,15,16). The van der Waals surface area contributed by atoms with Gasteiger partial charge in [0.1, 0.15) is 0 Å². The van der Waals surface area contributed by atoms with Crippen LogP contribution in [0.15, 0.2) is 12.1 Å². The Morgan fingerprint density at radius 3 is 2.81 bits per heavy atom. The maximum Gasteiger partial charge on any atom is 0.230 e. The average molecular weight is 241 g/mol. The number of nitrogens with one attached hydrogen (secondary N) is 1. The summed E-state index contributed by atoms with van der Waals surface area (Å²) in [6.07, 6.45) is 2.75. The SMILES string of the molecule is NC1CCCC1C(=O)Nc1ccc(Cl)nn1. The van der Waals surface area contributed by atoms with Gasteiger partial charge in [0.05, 0.1) is 5.92 Å². The predicted molar refractivity (Wildman–Crippen MR) is 61.0 cm³/mol. The lowest BCUT2D eigenvalue weighted by molar-refractivity contribution is -0.120. The fourth-order valence-corrected chi connectivity index (χ4v) is 2.02. The molecule has 0 aliphatic heterocycles. The summed E-state index contributed by atoms with van der Waals surface area (Å²) in [5.41, 5.74) is 5.84. The van der Waals surface area contributed by atoms with Gasteiger partial charge in [0.15, 0.2) is 11.0 Å². The Hall–Kier alpha value is -1.20. The van der Waals surface area contributed by atoms with Crippen LogP contribution in [0.25, 0.3) is 0 Å². The van der Waals surface area contributed by atoms with Gasteiger partial charge in [-0.1, -0.05) is 18.0 Å². The zero-order chi connectivity index (χ0) is 11.5. The number of aromatic nitrogens is 2. The first kappa shape index (κ1) is 11.3. The van der Waals surface area contributed by atoms with Crippen LogP contribution in [0.3, 0.4) is 0 Å². The van der Waals surface area contributed by atoms with Crippen molar-refractivity contribution < 1.29 is 4.79 Å². The number of nitrogens with two attached hydrogens (primary N) is 1. The minimum atomic E-state index is -0.113. The van der Waals surface area contributed by atoms with E-state index in [1.54, 1.807) is 12.1 Å². The summed E-state index contributed by atoms with van der Waals surface area (Å²) in [6.45, 7) is 0. The van der Waals surface area contributed by atoms with Crippen LogP contribution in [0.5, 0.6) is 0 Å². The molecule has 2 atom stereocenters. The van der Waals surface area contributed by atoms with Crippen molar-refractivity contribution in [1.29, 1.82) is 0 Å². The Kier molecular flexibility index (Phi) is 3.36. The summed E-state index contributed by atoms with van der Waals surface area (Å²) in [5, 5.41) is 10.4. The third kappa shape index (κ3) is 2.48. The van der Waals surface area contributed by atoms with Crippen LogP contribution in [-0.2, 0) is 4.79 Å². The van der Waals surface area contributed by atoms with Gasteiger partial charge in [-0.25, -0.2) is 0 Å². The van der Waals surface area contributed by atoms with Crippen LogP contribution in [-0.4, -0.2) is 22.1 Å². The lowest BCUT2D eigenvalue weighted by atomic mass is 10.0. The Morgan fingerprint density at radius 1 is 1.44 bits per heavy atom. The van der Waals surface area contributed by atoms with E-state index in [4.69, 9.17) is 17.3 Å². The van der Waals surface area contributed by atoms with Crippen molar-refractivity contribution >= 4 is 23.3 Å². The molecule has 1 aliphatic rings. The predicted octanol–water partition coefficient (Wildman–Crippen LogP) is 1.20. The largest absolute Gasteiger partial charge is 0.327 e. The highest BCUT2D eigenvalue weighted by molar-refractivity contribution is 6.29. The lowest BCUT2D eigenvalue weighted by Crippen LogP contribution is -2.34. The molecular formula is C10H13ClN4O. The first-order valence-electron chi connectivity index (χ1n) is 5.22. The normalized spacial score (nSPS) is 24.4. The minimum absolute atomic E-state index is 0.0414. The number of rotatable bonds is 2. The van der Waals surface area contributed by atoms with Crippen molar-refractivity contribution in [1.82, 2.24) is 10.2 Å². The second kappa shape index (κ2) is 4.76. The van der Waals surface area contributed by atoms with Crippen molar-refractivity contribution in [2.24, 2.45) is 11.7 Å². The second-order valence-electron chi connectivity index (χ2n) is 3.93. The molecule has 86 valence electrons. The molecule has 1 fully saturated rings. The molecule has 6 heteroatoms. The maximum absolute atomic E-state index is 11.8. The van der Waals surface area contributed by atoms with E-state index in [1.807, 2.05) is 0 Å².